The molecule has 2 heterocycles. The Bertz CT molecular complexity index is 314. The van der Waals surface area contributed by atoms with Gasteiger partial charge in [0, 0.05) is 6.92 Å². The Morgan fingerprint density at radius 1 is 1.58 bits per heavy atom. The summed E-state index contributed by atoms with van der Waals surface area (Å²) in [5, 5.41) is 0. The van der Waals surface area contributed by atoms with Gasteiger partial charge in [-0.1, -0.05) is 0 Å². The molecular formula is C7H6O5. The van der Waals surface area contributed by atoms with Crippen molar-refractivity contribution in [2.24, 2.45) is 0 Å². The van der Waals surface area contributed by atoms with E-state index in [9.17, 15) is 4.79 Å². The lowest BCUT2D eigenvalue weighted by Crippen LogP contribution is -2.02. The van der Waals surface area contributed by atoms with Crippen molar-refractivity contribution in [3.05, 3.63) is 6.26 Å². The van der Waals surface area contributed by atoms with Gasteiger partial charge in [0.15, 0.2) is 0 Å². The third kappa shape index (κ3) is 0.990. The molecule has 1 aromatic heterocycles. The minimum absolute atomic E-state index is 0.100. The number of furan rings is 1. The first kappa shape index (κ1) is 7.02. The maximum absolute atomic E-state index is 10.6. The van der Waals surface area contributed by atoms with Crippen LogP contribution < -0.4 is 14.2 Å². The van der Waals surface area contributed by atoms with E-state index in [4.69, 9.17) is 18.6 Å². The van der Waals surface area contributed by atoms with Crippen LogP contribution in [0.3, 0.4) is 0 Å². The molecular weight excluding hydrogens is 164 g/mol. The quantitative estimate of drug-likeness (QED) is 0.587. The van der Waals surface area contributed by atoms with Crippen molar-refractivity contribution in [2.45, 2.75) is 6.92 Å². The zero-order chi connectivity index (χ0) is 8.55. The number of fused-ring (bicyclic) bond motifs is 1. The van der Waals surface area contributed by atoms with Crippen molar-refractivity contribution in [3.8, 4) is 17.4 Å². The van der Waals surface area contributed by atoms with Crippen LogP contribution in [0.4, 0.5) is 0 Å². The Morgan fingerprint density at radius 2 is 2.42 bits per heavy atom. The fraction of sp³-hybridized carbons (Fsp3) is 0.286. The Balaban J connectivity index is 2.27. The van der Waals surface area contributed by atoms with E-state index in [1.165, 1.54) is 13.2 Å². The third-order valence-electron chi connectivity index (χ3n) is 1.33. The number of carbonyl (C=O) groups is 1. The second-order valence-electron chi connectivity index (χ2n) is 2.22. The van der Waals surface area contributed by atoms with Crippen molar-refractivity contribution >= 4 is 5.97 Å². The van der Waals surface area contributed by atoms with Gasteiger partial charge in [0.05, 0.1) is 0 Å². The van der Waals surface area contributed by atoms with Crippen molar-refractivity contribution in [1.29, 1.82) is 0 Å². The molecule has 0 fully saturated rings. The van der Waals surface area contributed by atoms with E-state index in [2.05, 4.69) is 0 Å². The molecule has 2 rings (SSSR count). The molecule has 1 aliphatic heterocycles. The SMILES string of the molecule is CC(=O)Oc1coc2c1OCO2. The molecule has 0 amide bonds. The molecule has 12 heavy (non-hydrogen) atoms. The second-order valence-corrected chi connectivity index (χ2v) is 2.22. The lowest BCUT2D eigenvalue weighted by molar-refractivity contribution is -0.132. The first-order valence-electron chi connectivity index (χ1n) is 3.33. The number of esters is 1. The predicted molar refractivity (Wildman–Crippen MR) is 36.1 cm³/mol. The molecule has 0 radical (unpaired) electrons. The van der Waals surface area contributed by atoms with Gasteiger partial charge in [-0.3, -0.25) is 4.79 Å². The summed E-state index contributed by atoms with van der Waals surface area (Å²) in [6.45, 7) is 1.40. The van der Waals surface area contributed by atoms with E-state index in [-0.39, 0.29) is 18.5 Å². The molecule has 64 valence electrons. The van der Waals surface area contributed by atoms with E-state index in [0.717, 1.165) is 0 Å². The van der Waals surface area contributed by atoms with Gasteiger partial charge in [-0.2, -0.15) is 0 Å². The molecule has 1 aromatic rings. The number of carbonyl (C=O) groups excluding carboxylic acids is 1. The van der Waals surface area contributed by atoms with E-state index >= 15 is 0 Å². The topological polar surface area (TPSA) is 57.9 Å². The van der Waals surface area contributed by atoms with Gasteiger partial charge >= 0.3 is 11.9 Å². The second kappa shape index (κ2) is 2.44. The summed E-state index contributed by atoms with van der Waals surface area (Å²) in [4.78, 5) is 10.6. The number of hydrogen-bond acceptors (Lipinski definition) is 5. The Hall–Kier alpha value is -1.65. The van der Waals surface area contributed by atoms with Gasteiger partial charge in [-0.15, -0.1) is 0 Å². The summed E-state index contributed by atoms with van der Waals surface area (Å²) in [5.74, 6) is 0.445. The van der Waals surface area contributed by atoms with Crippen LogP contribution in [0, 0.1) is 0 Å². The third-order valence-corrected chi connectivity index (χ3v) is 1.33. The Morgan fingerprint density at radius 3 is 3.17 bits per heavy atom. The fourth-order valence-corrected chi connectivity index (χ4v) is 0.911. The van der Waals surface area contributed by atoms with Crippen LogP contribution >= 0.6 is 0 Å². The summed E-state index contributed by atoms with van der Waals surface area (Å²) in [7, 11) is 0. The van der Waals surface area contributed by atoms with Gasteiger partial charge in [-0.25, -0.2) is 0 Å². The maximum Gasteiger partial charge on any atom is 0.335 e. The number of hydrogen-bond donors (Lipinski definition) is 0. The number of ether oxygens (including phenoxy) is 3. The van der Waals surface area contributed by atoms with E-state index in [1.54, 1.807) is 0 Å². The molecule has 0 saturated heterocycles. The first-order chi connectivity index (χ1) is 5.77. The van der Waals surface area contributed by atoms with E-state index < -0.39 is 5.97 Å². The van der Waals surface area contributed by atoms with Crippen LogP contribution in [0.1, 0.15) is 6.92 Å². The van der Waals surface area contributed by atoms with E-state index in [0.29, 0.717) is 5.75 Å². The summed E-state index contributed by atoms with van der Waals surface area (Å²) >= 11 is 0. The minimum atomic E-state index is -0.422. The molecule has 0 bridgehead atoms. The molecule has 5 heteroatoms. The van der Waals surface area contributed by atoms with Crippen LogP contribution in [0.25, 0.3) is 0 Å². The van der Waals surface area contributed by atoms with Gasteiger partial charge in [0.2, 0.25) is 12.5 Å². The summed E-state index contributed by atoms with van der Waals surface area (Å²) in [6.07, 6.45) is 1.27. The smallest absolute Gasteiger partial charge is 0.335 e. The Labute approximate surface area is 67.8 Å². The highest BCUT2D eigenvalue weighted by atomic mass is 16.7. The lowest BCUT2D eigenvalue weighted by Gasteiger charge is -1.96. The molecule has 0 aliphatic carbocycles. The maximum atomic E-state index is 10.6. The zero-order valence-electron chi connectivity index (χ0n) is 6.33. The zero-order valence-corrected chi connectivity index (χ0v) is 6.33. The first-order valence-corrected chi connectivity index (χ1v) is 3.33. The van der Waals surface area contributed by atoms with Crippen molar-refractivity contribution in [3.63, 3.8) is 0 Å². The highest BCUT2D eigenvalue weighted by Gasteiger charge is 2.24. The van der Waals surface area contributed by atoms with Crippen molar-refractivity contribution in [1.82, 2.24) is 0 Å². The van der Waals surface area contributed by atoms with Crippen LogP contribution in [-0.4, -0.2) is 12.8 Å². The normalized spacial score (nSPS) is 13.1. The van der Waals surface area contributed by atoms with Crippen LogP contribution in [0.2, 0.25) is 0 Å². The number of rotatable bonds is 1. The average molecular weight is 170 g/mol. The van der Waals surface area contributed by atoms with Gasteiger partial charge in [0.1, 0.15) is 6.26 Å². The summed E-state index contributed by atoms with van der Waals surface area (Å²) < 4.78 is 19.5. The minimum Gasteiger partial charge on any atom is -0.446 e. The van der Waals surface area contributed by atoms with Crippen molar-refractivity contribution in [2.75, 3.05) is 6.79 Å². The molecule has 0 N–H and O–H groups in total. The molecule has 0 atom stereocenters. The van der Waals surface area contributed by atoms with Gasteiger partial charge < -0.3 is 18.6 Å². The fourth-order valence-electron chi connectivity index (χ4n) is 0.911. The van der Waals surface area contributed by atoms with Crippen LogP contribution in [0.5, 0.6) is 17.4 Å². The van der Waals surface area contributed by atoms with E-state index in [1.807, 2.05) is 0 Å². The predicted octanol–water partition coefficient (Wildman–Crippen LogP) is 0.934. The highest BCUT2D eigenvalue weighted by molar-refractivity contribution is 5.70. The molecule has 0 spiro atoms. The monoisotopic (exact) mass is 170 g/mol. The van der Waals surface area contributed by atoms with Crippen LogP contribution in [0.15, 0.2) is 10.7 Å². The molecule has 1 aliphatic rings. The van der Waals surface area contributed by atoms with Gasteiger partial charge in [0.25, 0.3) is 5.75 Å². The molecule has 0 unspecified atom stereocenters. The summed E-state index contributed by atoms with van der Waals surface area (Å²) in [5.41, 5.74) is 0. The molecule has 5 nitrogen and oxygen atoms in total. The standard InChI is InChI=1S/C7H6O5/c1-4(8)12-5-2-9-7-6(5)10-3-11-7/h2H,3H2,1H3. The molecule has 0 aromatic carbocycles. The lowest BCUT2D eigenvalue weighted by atomic mass is 10.5. The van der Waals surface area contributed by atoms with Crippen LogP contribution in [-0.2, 0) is 4.79 Å². The largest absolute Gasteiger partial charge is 0.446 e. The Kier molecular flexibility index (Phi) is 1.43. The highest BCUT2D eigenvalue weighted by Crippen LogP contribution is 2.42. The van der Waals surface area contributed by atoms with Crippen molar-refractivity contribution < 1.29 is 23.4 Å². The molecule has 0 saturated carbocycles. The average Bonchev–Trinajstić information content (AvgIpc) is 2.52. The van der Waals surface area contributed by atoms with Gasteiger partial charge in [-0.05, 0) is 0 Å². The summed E-state index contributed by atoms with van der Waals surface area (Å²) in [6, 6.07) is 0.